The number of hydrogen-bond acceptors (Lipinski definition) is 4. The average Bonchev–Trinajstić information content (AvgIpc) is 2.55. The van der Waals surface area contributed by atoms with E-state index in [2.05, 4.69) is 10.6 Å². The molecule has 0 radical (unpaired) electrons. The quantitative estimate of drug-likeness (QED) is 0.678. The Morgan fingerprint density at radius 3 is 2.52 bits per heavy atom. The van der Waals surface area contributed by atoms with Crippen LogP contribution in [0.5, 0.6) is 5.75 Å². The first-order valence-electron chi connectivity index (χ1n) is 7.16. The summed E-state index contributed by atoms with van der Waals surface area (Å²) in [6, 6.07) is 14.3. The highest BCUT2D eigenvalue weighted by Gasteiger charge is 2.08. The van der Waals surface area contributed by atoms with Crippen molar-refractivity contribution in [3.63, 3.8) is 0 Å². The van der Waals surface area contributed by atoms with Gasteiger partial charge in [-0.2, -0.15) is 0 Å². The minimum absolute atomic E-state index is 0.0635. The van der Waals surface area contributed by atoms with Crippen molar-refractivity contribution in [2.45, 2.75) is 6.92 Å². The van der Waals surface area contributed by atoms with Crippen LogP contribution in [0.1, 0.15) is 15.9 Å². The monoisotopic (exact) mass is 313 g/mol. The third-order valence-electron chi connectivity index (χ3n) is 3.28. The van der Waals surface area contributed by atoms with Crippen LogP contribution in [0, 0.1) is 6.92 Å². The highest BCUT2D eigenvalue weighted by molar-refractivity contribution is 5.95. The molecule has 0 saturated heterocycles. The standard InChI is InChI=1S/C17H19N3O3/c1-12-14(17(18)22)8-5-9-15(12)19-11-20-16(21)10-23-13-6-3-2-4-7-13/h2-9,19H,10-11H2,1H3,(H2,18,22)(H,20,21). The number of rotatable bonds is 7. The van der Waals surface area contributed by atoms with Gasteiger partial charge in [0.2, 0.25) is 5.91 Å². The van der Waals surface area contributed by atoms with Crippen LogP contribution in [0.2, 0.25) is 0 Å². The first kappa shape index (κ1) is 16.4. The molecule has 0 aromatic heterocycles. The van der Waals surface area contributed by atoms with Crippen molar-refractivity contribution >= 4 is 17.5 Å². The molecule has 2 rings (SSSR count). The van der Waals surface area contributed by atoms with E-state index in [0.29, 0.717) is 11.3 Å². The Labute approximate surface area is 134 Å². The van der Waals surface area contributed by atoms with Gasteiger partial charge in [-0.3, -0.25) is 9.59 Å². The Bertz CT molecular complexity index is 687. The first-order valence-corrected chi connectivity index (χ1v) is 7.16. The van der Waals surface area contributed by atoms with Crippen LogP contribution in [-0.4, -0.2) is 25.1 Å². The van der Waals surface area contributed by atoms with Crippen molar-refractivity contribution < 1.29 is 14.3 Å². The zero-order chi connectivity index (χ0) is 16.7. The maximum atomic E-state index is 11.7. The number of carbonyl (C=O) groups excluding carboxylic acids is 2. The molecule has 0 atom stereocenters. The third-order valence-corrected chi connectivity index (χ3v) is 3.28. The summed E-state index contributed by atoms with van der Waals surface area (Å²) in [4.78, 5) is 23.0. The predicted octanol–water partition coefficient (Wildman–Crippen LogP) is 1.66. The van der Waals surface area contributed by atoms with Gasteiger partial charge in [-0.1, -0.05) is 24.3 Å². The summed E-state index contributed by atoms with van der Waals surface area (Å²) in [5, 5.41) is 5.73. The van der Waals surface area contributed by atoms with Crippen LogP contribution >= 0.6 is 0 Å². The summed E-state index contributed by atoms with van der Waals surface area (Å²) in [7, 11) is 0. The number of nitrogens with one attached hydrogen (secondary N) is 2. The van der Waals surface area contributed by atoms with Crippen LogP contribution in [0.25, 0.3) is 0 Å². The fraction of sp³-hybridized carbons (Fsp3) is 0.176. The number of nitrogens with two attached hydrogens (primary N) is 1. The Kier molecular flexibility index (Phi) is 5.57. The molecule has 0 unspecified atom stereocenters. The maximum absolute atomic E-state index is 11.7. The van der Waals surface area contributed by atoms with Crippen LogP contribution in [0.3, 0.4) is 0 Å². The molecule has 0 aliphatic heterocycles. The topological polar surface area (TPSA) is 93.4 Å². The van der Waals surface area contributed by atoms with Gasteiger partial charge in [0.1, 0.15) is 5.75 Å². The highest BCUT2D eigenvalue weighted by atomic mass is 16.5. The molecule has 0 bridgehead atoms. The molecule has 6 heteroatoms. The number of ether oxygens (including phenoxy) is 1. The van der Waals surface area contributed by atoms with E-state index < -0.39 is 5.91 Å². The number of anilines is 1. The molecule has 0 fully saturated rings. The molecule has 0 saturated carbocycles. The van der Waals surface area contributed by atoms with Gasteiger partial charge in [0, 0.05) is 11.3 Å². The Morgan fingerprint density at radius 2 is 1.83 bits per heavy atom. The third kappa shape index (κ3) is 4.74. The molecule has 120 valence electrons. The van der Waals surface area contributed by atoms with Crippen molar-refractivity contribution in [3.8, 4) is 5.75 Å². The van der Waals surface area contributed by atoms with E-state index in [4.69, 9.17) is 10.5 Å². The summed E-state index contributed by atoms with van der Waals surface area (Å²) >= 11 is 0. The van der Waals surface area contributed by atoms with Crippen LogP contribution in [0.15, 0.2) is 48.5 Å². The second-order valence-electron chi connectivity index (χ2n) is 4.90. The number of amides is 2. The van der Waals surface area contributed by atoms with Crippen molar-refractivity contribution in [1.82, 2.24) is 5.32 Å². The number of benzene rings is 2. The van der Waals surface area contributed by atoms with Crippen molar-refractivity contribution in [3.05, 3.63) is 59.7 Å². The van der Waals surface area contributed by atoms with Gasteiger partial charge in [0.05, 0.1) is 6.67 Å². The Morgan fingerprint density at radius 1 is 1.09 bits per heavy atom. The molecule has 0 aliphatic carbocycles. The van der Waals surface area contributed by atoms with E-state index in [1.165, 1.54) is 0 Å². The second kappa shape index (κ2) is 7.84. The lowest BCUT2D eigenvalue weighted by Crippen LogP contribution is -2.33. The fourth-order valence-electron chi connectivity index (χ4n) is 2.05. The normalized spacial score (nSPS) is 9.96. The van der Waals surface area contributed by atoms with E-state index >= 15 is 0 Å². The lowest BCUT2D eigenvalue weighted by atomic mass is 10.1. The smallest absolute Gasteiger partial charge is 0.259 e. The van der Waals surface area contributed by atoms with E-state index in [1.54, 1.807) is 31.2 Å². The van der Waals surface area contributed by atoms with E-state index in [-0.39, 0.29) is 19.2 Å². The molecular formula is C17H19N3O3. The lowest BCUT2D eigenvalue weighted by Gasteiger charge is -2.13. The summed E-state index contributed by atoms with van der Waals surface area (Å²) in [5.74, 6) is -0.0860. The van der Waals surface area contributed by atoms with Crippen LogP contribution in [-0.2, 0) is 4.79 Å². The van der Waals surface area contributed by atoms with Gasteiger partial charge in [0.25, 0.3) is 5.91 Å². The van der Waals surface area contributed by atoms with E-state index in [1.807, 2.05) is 24.3 Å². The summed E-state index contributed by atoms with van der Waals surface area (Å²) < 4.78 is 5.34. The number of para-hydroxylation sites is 1. The van der Waals surface area contributed by atoms with E-state index in [9.17, 15) is 9.59 Å². The van der Waals surface area contributed by atoms with E-state index in [0.717, 1.165) is 11.3 Å². The molecule has 2 aromatic carbocycles. The molecule has 2 amide bonds. The summed E-state index contributed by atoms with van der Waals surface area (Å²) in [5.41, 5.74) is 7.24. The Hall–Kier alpha value is -3.02. The molecule has 6 nitrogen and oxygen atoms in total. The molecule has 4 N–H and O–H groups in total. The number of hydrogen-bond donors (Lipinski definition) is 3. The number of carbonyl (C=O) groups is 2. The molecule has 0 aliphatic rings. The molecule has 0 spiro atoms. The molecule has 0 heterocycles. The molecule has 23 heavy (non-hydrogen) atoms. The largest absolute Gasteiger partial charge is 0.484 e. The first-order chi connectivity index (χ1) is 11.1. The highest BCUT2D eigenvalue weighted by Crippen LogP contribution is 2.17. The average molecular weight is 313 g/mol. The summed E-state index contributed by atoms with van der Waals surface area (Å²) in [6.07, 6.45) is 0. The van der Waals surface area contributed by atoms with Gasteiger partial charge in [0.15, 0.2) is 6.61 Å². The minimum Gasteiger partial charge on any atom is -0.484 e. The Balaban J connectivity index is 1.80. The summed E-state index contributed by atoms with van der Waals surface area (Å²) in [6.45, 7) is 1.95. The van der Waals surface area contributed by atoms with Crippen molar-refractivity contribution in [2.75, 3.05) is 18.6 Å². The maximum Gasteiger partial charge on any atom is 0.259 e. The SMILES string of the molecule is Cc1c(NCNC(=O)COc2ccccc2)cccc1C(N)=O. The zero-order valence-electron chi connectivity index (χ0n) is 12.8. The number of primary amides is 1. The van der Waals surface area contributed by atoms with Crippen molar-refractivity contribution in [2.24, 2.45) is 5.73 Å². The van der Waals surface area contributed by atoms with Crippen LogP contribution in [0.4, 0.5) is 5.69 Å². The van der Waals surface area contributed by atoms with Crippen LogP contribution < -0.4 is 21.1 Å². The minimum atomic E-state index is -0.480. The van der Waals surface area contributed by atoms with Gasteiger partial charge in [-0.25, -0.2) is 0 Å². The van der Waals surface area contributed by atoms with Crippen molar-refractivity contribution in [1.29, 1.82) is 0 Å². The lowest BCUT2D eigenvalue weighted by molar-refractivity contribution is -0.122. The van der Waals surface area contributed by atoms with Gasteiger partial charge >= 0.3 is 0 Å². The molecule has 2 aromatic rings. The van der Waals surface area contributed by atoms with Gasteiger partial charge in [-0.15, -0.1) is 0 Å². The second-order valence-corrected chi connectivity index (χ2v) is 4.90. The van der Waals surface area contributed by atoms with Gasteiger partial charge < -0.3 is 21.1 Å². The molecular weight excluding hydrogens is 294 g/mol. The predicted molar refractivity (Wildman–Crippen MR) is 88.3 cm³/mol. The zero-order valence-corrected chi connectivity index (χ0v) is 12.8. The fourth-order valence-corrected chi connectivity index (χ4v) is 2.05. The van der Waals surface area contributed by atoms with Gasteiger partial charge in [-0.05, 0) is 36.8 Å².